The summed E-state index contributed by atoms with van der Waals surface area (Å²) in [6, 6.07) is 7.20. The standard InChI is InChI=1S/C16H23NO6/c17-13-5-1-2-6-14(13)22-11-9-21-10-12-23-16(20)8-4-3-7-15(18)19/h1-2,5-6H,3-4,7-12,17H2,(H,18,19). The summed E-state index contributed by atoms with van der Waals surface area (Å²) in [7, 11) is 0. The van der Waals surface area contributed by atoms with E-state index in [1.54, 1.807) is 12.1 Å². The van der Waals surface area contributed by atoms with E-state index >= 15 is 0 Å². The van der Waals surface area contributed by atoms with Crippen molar-refractivity contribution in [3.8, 4) is 5.75 Å². The summed E-state index contributed by atoms with van der Waals surface area (Å²) in [5.74, 6) is -0.581. The number of carbonyl (C=O) groups excluding carboxylic acids is 1. The Balaban J connectivity index is 1.94. The van der Waals surface area contributed by atoms with Crippen LogP contribution in [0.25, 0.3) is 0 Å². The molecule has 0 aliphatic rings. The van der Waals surface area contributed by atoms with Gasteiger partial charge in [-0.3, -0.25) is 9.59 Å². The Kier molecular flexibility index (Phi) is 9.23. The molecule has 0 aliphatic carbocycles. The number of ether oxygens (including phenoxy) is 3. The molecule has 7 nitrogen and oxygen atoms in total. The zero-order valence-electron chi connectivity index (χ0n) is 13.0. The maximum atomic E-state index is 11.3. The fourth-order valence-electron chi connectivity index (χ4n) is 1.76. The van der Waals surface area contributed by atoms with Gasteiger partial charge in [0.05, 0.1) is 18.9 Å². The number of nitrogen functional groups attached to an aromatic ring is 1. The number of esters is 1. The van der Waals surface area contributed by atoms with Crippen molar-refractivity contribution in [2.24, 2.45) is 0 Å². The summed E-state index contributed by atoms with van der Waals surface area (Å²) in [5, 5.41) is 8.46. The van der Waals surface area contributed by atoms with Gasteiger partial charge in [0.15, 0.2) is 0 Å². The SMILES string of the molecule is Nc1ccccc1OCCOCCOC(=O)CCCCC(=O)O. The zero-order chi connectivity index (χ0) is 16.9. The highest BCUT2D eigenvalue weighted by Crippen LogP contribution is 2.19. The van der Waals surface area contributed by atoms with Gasteiger partial charge in [-0.1, -0.05) is 12.1 Å². The highest BCUT2D eigenvalue weighted by molar-refractivity contribution is 5.69. The molecule has 0 aromatic heterocycles. The summed E-state index contributed by atoms with van der Waals surface area (Å²) in [5.41, 5.74) is 6.30. The van der Waals surface area contributed by atoms with Crippen molar-refractivity contribution in [2.75, 3.05) is 32.2 Å². The predicted molar refractivity (Wildman–Crippen MR) is 84.2 cm³/mol. The molecule has 0 heterocycles. The fourth-order valence-corrected chi connectivity index (χ4v) is 1.76. The van der Waals surface area contributed by atoms with E-state index in [0.717, 1.165) is 0 Å². The summed E-state index contributed by atoms with van der Waals surface area (Å²) < 4.78 is 15.7. The van der Waals surface area contributed by atoms with Gasteiger partial charge in [-0.15, -0.1) is 0 Å². The second-order valence-corrected chi connectivity index (χ2v) is 4.82. The molecular formula is C16H23NO6. The molecule has 0 unspecified atom stereocenters. The lowest BCUT2D eigenvalue weighted by Gasteiger charge is -2.09. The van der Waals surface area contributed by atoms with Gasteiger partial charge in [0.2, 0.25) is 0 Å². The molecule has 0 spiro atoms. The van der Waals surface area contributed by atoms with Crippen molar-refractivity contribution in [1.29, 1.82) is 0 Å². The Morgan fingerprint density at radius 1 is 1.00 bits per heavy atom. The second-order valence-electron chi connectivity index (χ2n) is 4.82. The van der Waals surface area contributed by atoms with E-state index in [-0.39, 0.29) is 32.0 Å². The van der Waals surface area contributed by atoms with Crippen molar-refractivity contribution < 1.29 is 28.9 Å². The number of nitrogens with two attached hydrogens (primary N) is 1. The Bertz CT molecular complexity index is 491. The largest absolute Gasteiger partial charge is 0.489 e. The van der Waals surface area contributed by atoms with E-state index in [1.165, 1.54) is 0 Å². The van der Waals surface area contributed by atoms with Crippen LogP contribution in [-0.2, 0) is 19.1 Å². The first-order valence-corrected chi connectivity index (χ1v) is 7.52. The van der Waals surface area contributed by atoms with Crippen LogP contribution in [0.15, 0.2) is 24.3 Å². The molecule has 23 heavy (non-hydrogen) atoms. The topological polar surface area (TPSA) is 108 Å². The molecule has 1 aromatic rings. The lowest BCUT2D eigenvalue weighted by molar-refractivity contribution is -0.145. The summed E-state index contributed by atoms with van der Waals surface area (Å²) in [6.45, 7) is 1.18. The van der Waals surface area contributed by atoms with Gasteiger partial charge in [0, 0.05) is 12.8 Å². The minimum Gasteiger partial charge on any atom is -0.489 e. The number of carboxylic acid groups (broad SMARTS) is 1. The number of aliphatic carboxylic acids is 1. The van der Waals surface area contributed by atoms with Gasteiger partial charge < -0.3 is 25.1 Å². The van der Waals surface area contributed by atoms with E-state index in [4.69, 9.17) is 25.1 Å². The lowest BCUT2D eigenvalue weighted by atomic mass is 10.2. The highest BCUT2D eigenvalue weighted by Gasteiger charge is 2.04. The van der Waals surface area contributed by atoms with E-state index in [0.29, 0.717) is 37.5 Å². The predicted octanol–water partition coefficient (Wildman–Crippen LogP) is 1.85. The second kappa shape index (κ2) is 11.3. The Labute approximate surface area is 135 Å². The van der Waals surface area contributed by atoms with Gasteiger partial charge in [-0.2, -0.15) is 0 Å². The molecule has 7 heteroatoms. The normalized spacial score (nSPS) is 10.3. The average molecular weight is 325 g/mol. The number of carbonyl (C=O) groups is 2. The number of unbranched alkanes of at least 4 members (excludes halogenated alkanes) is 1. The molecule has 128 valence electrons. The van der Waals surface area contributed by atoms with Gasteiger partial charge in [0.25, 0.3) is 0 Å². The quantitative estimate of drug-likeness (QED) is 0.343. The van der Waals surface area contributed by atoms with Crippen molar-refractivity contribution in [2.45, 2.75) is 25.7 Å². The summed E-state index contributed by atoms with van der Waals surface area (Å²) in [4.78, 5) is 21.6. The van der Waals surface area contributed by atoms with Gasteiger partial charge in [0.1, 0.15) is 19.0 Å². The number of para-hydroxylation sites is 2. The van der Waals surface area contributed by atoms with Crippen LogP contribution in [0.3, 0.4) is 0 Å². The molecule has 0 radical (unpaired) electrons. The van der Waals surface area contributed by atoms with Crippen LogP contribution in [0.4, 0.5) is 5.69 Å². The van der Waals surface area contributed by atoms with Crippen LogP contribution >= 0.6 is 0 Å². The maximum Gasteiger partial charge on any atom is 0.305 e. The number of hydrogen-bond acceptors (Lipinski definition) is 6. The molecule has 0 fully saturated rings. The molecule has 0 aliphatic heterocycles. The smallest absolute Gasteiger partial charge is 0.305 e. The first kappa shape index (κ1) is 18.8. The number of carboxylic acids is 1. The lowest BCUT2D eigenvalue weighted by Crippen LogP contribution is -2.14. The number of hydrogen-bond donors (Lipinski definition) is 2. The molecule has 3 N–H and O–H groups in total. The van der Waals surface area contributed by atoms with Crippen LogP contribution in [0, 0.1) is 0 Å². The third-order valence-corrected chi connectivity index (χ3v) is 2.92. The van der Waals surface area contributed by atoms with Crippen LogP contribution in [0.2, 0.25) is 0 Å². The average Bonchev–Trinajstić information content (AvgIpc) is 2.52. The van der Waals surface area contributed by atoms with Crippen molar-refractivity contribution >= 4 is 17.6 Å². The molecule has 0 bridgehead atoms. The Morgan fingerprint density at radius 2 is 1.70 bits per heavy atom. The Hall–Kier alpha value is -2.28. The molecule has 1 rings (SSSR count). The van der Waals surface area contributed by atoms with Crippen molar-refractivity contribution in [1.82, 2.24) is 0 Å². The van der Waals surface area contributed by atoms with Crippen molar-refractivity contribution in [3.63, 3.8) is 0 Å². The molecule has 0 saturated heterocycles. The first-order chi connectivity index (χ1) is 11.1. The van der Waals surface area contributed by atoms with Gasteiger partial charge >= 0.3 is 11.9 Å². The highest BCUT2D eigenvalue weighted by atomic mass is 16.6. The van der Waals surface area contributed by atoms with E-state index in [1.807, 2.05) is 12.1 Å². The monoisotopic (exact) mass is 325 g/mol. The van der Waals surface area contributed by atoms with Crippen LogP contribution in [0.1, 0.15) is 25.7 Å². The zero-order valence-corrected chi connectivity index (χ0v) is 13.0. The van der Waals surface area contributed by atoms with Gasteiger partial charge in [-0.05, 0) is 25.0 Å². The van der Waals surface area contributed by atoms with E-state index < -0.39 is 5.97 Å². The number of anilines is 1. The first-order valence-electron chi connectivity index (χ1n) is 7.52. The van der Waals surface area contributed by atoms with Crippen molar-refractivity contribution in [3.05, 3.63) is 24.3 Å². The van der Waals surface area contributed by atoms with E-state index in [2.05, 4.69) is 0 Å². The third-order valence-electron chi connectivity index (χ3n) is 2.92. The molecule has 0 atom stereocenters. The van der Waals surface area contributed by atoms with Crippen LogP contribution in [-0.4, -0.2) is 43.5 Å². The third kappa shape index (κ3) is 9.36. The number of benzene rings is 1. The molecule has 0 saturated carbocycles. The number of rotatable bonds is 12. The van der Waals surface area contributed by atoms with Crippen LogP contribution < -0.4 is 10.5 Å². The van der Waals surface area contributed by atoms with Gasteiger partial charge in [-0.25, -0.2) is 0 Å². The molecule has 1 aromatic carbocycles. The molecule has 0 amide bonds. The minimum atomic E-state index is -0.855. The molecular weight excluding hydrogens is 302 g/mol. The maximum absolute atomic E-state index is 11.3. The van der Waals surface area contributed by atoms with E-state index in [9.17, 15) is 9.59 Å². The fraction of sp³-hybridized carbons (Fsp3) is 0.500. The van der Waals surface area contributed by atoms with Crippen LogP contribution in [0.5, 0.6) is 5.75 Å². The Morgan fingerprint density at radius 3 is 2.43 bits per heavy atom. The summed E-state index contributed by atoms with van der Waals surface area (Å²) in [6.07, 6.45) is 1.28. The summed E-state index contributed by atoms with van der Waals surface area (Å²) >= 11 is 0. The minimum absolute atomic E-state index is 0.0717.